The van der Waals surface area contributed by atoms with Crippen molar-refractivity contribution >= 4 is 16.9 Å². The molecule has 0 saturated heterocycles. The van der Waals surface area contributed by atoms with Crippen LogP contribution in [0.5, 0.6) is 5.75 Å². The number of aryl methyl sites for hydroxylation is 2. The topological polar surface area (TPSA) is 103 Å². The predicted octanol–water partition coefficient (Wildman–Crippen LogP) is 1.28. The van der Waals surface area contributed by atoms with E-state index in [4.69, 9.17) is 9.15 Å². The van der Waals surface area contributed by atoms with Crippen LogP contribution in [0.1, 0.15) is 28.0 Å². The van der Waals surface area contributed by atoms with Gasteiger partial charge in [0.25, 0.3) is 11.5 Å². The van der Waals surface area contributed by atoms with E-state index in [2.05, 4.69) is 10.4 Å². The van der Waals surface area contributed by atoms with Crippen molar-refractivity contribution in [3.8, 4) is 5.75 Å². The van der Waals surface area contributed by atoms with Crippen LogP contribution < -0.4 is 21.2 Å². The number of aromatic nitrogens is 2. The second-order valence-corrected chi connectivity index (χ2v) is 6.61. The van der Waals surface area contributed by atoms with Gasteiger partial charge in [-0.1, -0.05) is 12.1 Å². The Hall–Kier alpha value is -3.42. The molecular weight excluding hydrogens is 362 g/mol. The van der Waals surface area contributed by atoms with Crippen molar-refractivity contribution in [1.29, 1.82) is 0 Å². The summed E-state index contributed by atoms with van der Waals surface area (Å²) in [6.45, 7) is 0.394. The lowest BCUT2D eigenvalue weighted by Gasteiger charge is -2.09. The molecule has 8 heteroatoms. The number of methoxy groups -OCH3 is 1. The molecule has 0 unspecified atom stereocenters. The van der Waals surface area contributed by atoms with Crippen molar-refractivity contribution in [2.75, 3.05) is 13.7 Å². The van der Waals surface area contributed by atoms with Gasteiger partial charge in [0.05, 0.1) is 19.3 Å². The molecule has 2 heterocycles. The van der Waals surface area contributed by atoms with Gasteiger partial charge < -0.3 is 14.5 Å². The Morgan fingerprint density at radius 2 is 2.14 bits per heavy atom. The molecule has 4 rings (SSSR count). The molecule has 1 aliphatic rings. The van der Waals surface area contributed by atoms with E-state index in [-0.39, 0.29) is 24.2 Å². The SMILES string of the molecule is COc1cccc2cc(C(=O)NCCn3nc4c(cc3=O)CCC4)c(=O)oc12. The molecule has 144 valence electrons. The second-order valence-electron chi connectivity index (χ2n) is 6.61. The average molecular weight is 381 g/mol. The van der Waals surface area contributed by atoms with Crippen LogP contribution in [0.25, 0.3) is 11.0 Å². The second kappa shape index (κ2) is 7.30. The maximum Gasteiger partial charge on any atom is 0.349 e. The highest BCUT2D eigenvalue weighted by Crippen LogP contribution is 2.24. The molecule has 0 aliphatic heterocycles. The summed E-state index contributed by atoms with van der Waals surface area (Å²) in [4.78, 5) is 36.7. The fraction of sp³-hybridized carbons (Fsp3) is 0.300. The number of hydrogen-bond donors (Lipinski definition) is 1. The summed E-state index contributed by atoms with van der Waals surface area (Å²) in [6.07, 6.45) is 2.76. The third-order valence-electron chi connectivity index (χ3n) is 4.82. The Bertz CT molecular complexity index is 1180. The Kier molecular flexibility index (Phi) is 4.68. The maximum atomic E-state index is 12.4. The van der Waals surface area contributed by atoms with Crippen LogP contribution >= 0.6 is 0 Å². The van der Waals surface area contributed by atoms with Crippen LogP contribution in [0.4, 0.5) is 0 Å². The molecule has 2 aromatic heterocycles. The molecule has 8 nitrogen and oxygen atoms in total. The molecular formula is C20H19N3O5. The van der Waals surface area contributed by atoms with Crippen LogP contribution in [-0.2, 0) is 19.4 Å². The van der Waals surface area contributed by atoms with Crippen LogP contribution in [0.15, 0.2) is 44.3 Å². The molecule has 0 bridgehead atoms. The molecule has 1 N–H and O–H groups in total. The number of rotatable bonds is 5. The lowest BCUT2D eigenvalue weighted by Crippen LogP contribution is -2.34. The Labute approximate surface area is 159 Å². The number of ether oxygens (including phenoxy) is 1. The molecule has 1 aromatic carbocycles. The lowest BCUT2D eigenvalue weighted by molar-refractivity contribution is 0.0948. The van der Waals surface area contributed by atoms with Crippen LogP contribution in [-0.4, -0.2) is 29.3 Å². The van der Waals surface area contributed by atoms with E-state index in [1.165, 1.54) is 17.9 Å². The maximum absolute atomic E-state index is 12.4. The first-order valence-corrected chi connectivity index (χ1v) is 9.06. The highest BCUT2D eigenvalue weighted by molar-refractivity contribution is 5.97. The fourth-order valence-electron chi connectivity index (χ4n) is 3.41. The van der Waals surface area contributed by atoms with Gasteiger partial charge >= 0.3 is 5.63 Å². The van der Waals surface area contributed by atoms with Crippen LogP contribution in [0, 0.1) is 0 Å². The van der Waals surface area contributed by atoms with Gasteiger partial charge in [-0.05, 0) is 37.0 Å². The van der Waals surface area contributed by atoms with E-state index in [9.17, 15) is 14.4 Å². The van der Waals surface area contributed by atoms with Crippen molar-refractivity contribution in [2.45, 2.75) is 25.8 Å². The van der Waals surface area contributed by atoms with Gasteiger partial charge in [-0.15, -0.1) is 0 Å². The summed E-state index contributed by atoms with van der Waals surface area (Å²) in [5, 5.41) is 7.59. The summed E-state index contributed by atoms with van der Waals surface area (Å²) in [5.41, 5.74) is 1.20. The van der Waals surface area contributed by atoms with E-state index in [0.717, 1.165) is 30.5 Å². The monoisotopic (exact) mass is 381 g/mol. The van der Waals surface area contributed by atoms with Crippen molar-refractivity contribution < 1.29 is 13.9 Å². The number of hydrogen-bond acceptors (Lipinski definition) is 6. The number of fused-ring (bicyclic) bond motifs is 2. The predicted molar refractivity (Wildman–Crippen MR) is 102 cm³/mol. The van der Waals surface area contributed by atoms with Crippen molar-refractivity contribution in [3.63, 3.8) is 0 Å². The average Bonchev–Trinajstić information content (AvgIpc) is 3.14. The van der Waals surface area contributed by atoms with Gasteiger partial charge in [-0.3, -0.25) is 9.59 Å². The normalized spacial score (nSPS) is 12.8. The van der Waals surface area contributed by atoms with Gasteiger partial charge in [-0.25, -0.2) is 9.48 Å². The summed E-state index contributed by atoms with van der Waals surface area (Å²) < 4.78 is 11.8. The summed E-state index contributed by atoms with van der Waals surface area (Å²) in [5.74, 6) is -0.142. The summed E-state index contributed by atoms with van der Waals surface area (Å²) >= 11 is 0. The van der Waals surface area contributed by atoms with Crippen LogP contribution in [0.2, 0.25) is 0 Å². The van der Waals surface area contributed by atoms with Crippen molar-refractivity contribution in [1.82, 2.24) is 15.1 Å². The molecule has 0 fully saturated rings. The van der Waals surface area contributed by atoms with E-state index < -0.39 is 11.5 Å². The van der Waals surface area contributed by atoms with Gasteiger partial charge in [-0.2, -0.15) is 5.10 Å². The standard InChI is InChI=1S/C20H19N3O5/c1-27-16-7-3-5-13-10-14(20(26)28-18(13)16)19(25)21-8-9-23-17(24)11-12-4-2-6-15(12)22-23/h3,5,7,10-11H,2,4,6,8-9H2,1H3,(H,21,25). The minimum atomic E-state index is -0.748. The third-order valence-corrected chi connectivity index (χ3v) is 4.82. The Morgan fingerprint density at radius 3 is 2.96 bits per heavy atom. The zero-order valence-electron chi connectivity index (χ0n) is 15.4. The largest absolute Gasteiger partial charge is 0.493 e. The quantitative estimate of drug-likeness (QED) is 0.668. The number of para-hydroxylation sites is 1. The first-order valence-electron chi connectivity index (χ1n) is 9.06. The molecule has 1 aliphatic carbocycles. The van der Waals surface area contributed by atoms with Gasteiger partial charge in [0.15, 0.2) is 11.3 Å². The summed E-state index contributed by atoms with van der Waals surface area (Å²) in [6, 6.07) is 8.23. The number of carbonyl (C=O) groups excluding carboxylic acids is 1. The molecule has 3 aromatic rings. The first kappa shape index (κ1) is 18.0. The number of amides is 1. The Balaban J connectivity index is 1.49. The number of nitrogens with zero attached hydrogens (tertiary/aromatic N) is 2. The van der Waals surface area contributed by atoms with E-state index in [1.54, 1.807) is 24.3 Å². The van der Waals surface area contributed by atoms with E-state index >= 15 is 0 Å². The van der Waals surface area contributed by atoms with Gasteiger partial charge in [0.1, 0.15) is 5.56 Å². The Morgan fingerprint density at radius 1 is 1.29 bits per heavy atom. The van der Waals surface area contributed by atoms with E-state index in [1.807, 2.05) is 0 Å². The minimum Gasteiger partial charge on any atom is -0.493 e. The number of carbonyl (C=O) groups is 1. The highest BCUT2D eigenvalue weighted by atomic mass is 16.5. The molecule has 0 atom stereocenters. The van der Waals surface area contributed by atoms with Crippen molar-refractivity contribution in [2.24, 2.45) is 0 Å². The molecule has 0 radical (unpaired) electrons. The highest BCUT2D eigenvalue weighted by Gasteiger charge is 2.17. The zero-order chi connectivity index (χ0) is 19.7. The minimum absolute atomic E-state index is 0.102. The van der Waals surface area contributed by atoms with Crippen LogP contribution in [0.3, 0.4) is 0 Å². The lowest BCUT2D eigenvalue weighted by atomic mass is 10.1. The number of nitrogens with one attached hydrogen (secondary N) is 1. The summed E-state index contributed by atoms with van der Waals surface area (Å²) in [7, 11) is 1.48. The van der Waals surface area contributed by atoms with Gasteiger partial charge in [0.2, 0.25) is 0 Å². The number of benzene rings is 1. The molecule has 1 amide bonds. The first-order chi connectivity index (χ1) is 13.6. The molecule has 0 spiro atoms. The molecule has 0 saturated carbocycles. The van der Waals surface area contributed by atoms with Crippen molar-refractivity contribution in [3.05, 3.63) is 67.9 Å². The van der Waals surface area contributed by atoms with Gasteiger partial charge in [0, 0.05) is 18.0 Å². The zero-order valence-corrected chi connectivity index (χ0v) is 15.4. The third kappa shape index (κ3) is 3.28. The van der Waals surface area contributed by atoms with E-state index in [0.29, 0.717) is 16.7 Å². The smallest absolute Gasteiger partial charge is 0.349 e. The fourth-order valence-corrected chi connectivity index (χ4v) is 3.41. The molecule has 28 heavy (non-hydrogen) atoms.